The minimum Gasteiger partial charge on any atom is -0.334 e. The molecule has 0 fully saturated rings. The molecule has 1 aromatic heterocycles. The summed E-state index contributed by atoms with van der Waals surface area (Å²) in [5.74, 6) is -0.262. The van der Waals surface area contributed by atoms with E-state index >= 15 is 0 Å². The van der Waals surface area contributed by atoms with Crippen molar-refractivity contribution in [1.29, 1.82) is 5.26 Å². The topological polar surface area (TPSA) is 65.8 Å². The Labute approximate surface area is 95.3 Å². The summed E-state index contributed by atoms with van der Waals surface area (Å²) >= 11 is 0. The molecule has 1 aromatic rings. The van der Waals surface area contributed by atoms with Crippen LogP contribution in [0.15, 0.2) is 18.5 Å². The Morgan fingerprint density at radius 2 is 2.31 bits per heavy atom. The van der Waals surface area contributed by atoms with Crippen molar-refractivity contribution < 1.29 is 4.79 Å². The van der Waals surface area contributed by atoms with E-state index < -0.39 is 5.54 Å². The van der Waals surface area contributed by atoms with Gasteiger partial charge in [-0.2, -0.15) is 5.26 Å². The first kappa shape index (κ1) is 12.2. The number of nitrogens with zero attached hydrogens (tertiary/aromatic N) is 2. The van der Waals surface area contributed by atoms with Crippen LogP contribution in [0.1, 0.15) is 36.2 Å². The third kappa shape index (κ3) is 2.80. The van der Waals surface area contributed by atoms with Crippen molar-refractivity contribution in [3.05, 3.63) is 29.6 Å². The van der Waals surface area contributed by atoms with E-state index in [-0.39, 0.29) is 5.91 Å². The maximum absolute atomic E-state index is 11.8. The molecule has 84 valence electrons. The molecule has 0 aromatic carbocycles. The normalized spacial score (nSPS) is 13.6. The Kier molecular flexibility index (Phi) is 3.62. The van der Waals surface area contributed by atoms with E-state index in [2.05, 4.69) is 16.4 Å². The molecule has 4 heteroatoms. The van der Waals surface area contributed by atoms with Crippen molar-refractivity contribution in [2.45, 2.75) is 32.7 Å². The summed E-state index contributed by atoms with van der Waals surface area (Å²) in [6, 6.07) is 3.84. The minimum atomic E-state index is -0.819. The number of carbonyl (C=O) groups is 1. The molecule has 0 aliphatic carbocycles. The average molecular weight is 217 g/mol. The number of amides is 1. The largest absolute Gasteiger partial charge is 0.334 e. The highest BCUT2D eigenvalue weighted by molar-refractivity contribution is 5.94. The molecular weight excluding hydrogens is 202 g/mol. The van der Waals surface area contributed by atoms with Crippen LogP contribution in [-0.4, -0.2) is 16.4 Å². The van der Waals surface area contributed by atoms with Gasteiger partial charge in [0.15, 0.2) is 0 Å². The van der Waals surface area contributed by atoms with Crippen molar-refractivity contribution >= 4 is 5.91 Å². The van der Waals surface area contributed by atoms with Crippen LogP contribution in [0, 0.1) is 18.3 Å². The Morgan fingerprint density at radius 1 is 1.62 bits per heavy atom. The molecule has 0 radical (unpaired) electrons. The third-order valence-electron chi connectivity index (χ3n) is 2.48. The monoisotopic (exact) mass is 217 g/mol. The summed E-state index contributed by atoms with van der Waals surface area (Å²) < 4.78 is 0. The fourth-order valence-electron chi connectivity index (χ4n) is 1.20. The van der Waals surface area contributed by atoms with Crippen LogP contribution in [0.3, 0.4) is 0 Å². The maximum Gasteiger partial charge on any atom is 0.254 e. The molecule has 0 saturated carbocycles. The molecule has 4 nitrogen and oxygen atoms in total. The number of nitriles is 1. The van der Waals surface area contributed by atoms with Crippen LogP contribution in [0.5, 0.6) is 0 Å². The fourth-order valence-corrected chi connectivity index (χ4v) is 1.20. The van der Waals surface area contributed by atoms with Gasteiger partial charge in [-0.25, -0.2) is 0 Å². The lowest BCUT2D eigenvalue weighted by atomic mass is 10.0. The van der Waals surface area contributed by atoms with Crippen LogP contribution in [0.4, 0.5) is 0 Å². The molecule has 0 bridgehead atoms. The van der Waals surface area contributed by atoms with Crippen molar-refractivity contribution in [2.24, 2.45) is 0 Å². The number of aromatic nitrogens is 1. The quantitative estimate of drug-likeness (QED) is 0.839. The van der Waals surface area contributed by atoms with Gasteiger partial charge in [-0.05, 0) is 31.9 Å². The van der Waals surface area contributed by atoms with Crippen molar-refractivity contribution in [3.8, 4) is 6.07 Å². The lowest BCUT2D eigenvalue weighted by Gasteiger charge is -2.21. The highest BCUT2D eigenvalue weighted by Gasteiger charge is 2.24. The first-order chi connectivity index (χ1) is 7.50. The Morgan fingerprint density at radius 3 is 2.81 bits per heavy atom. The van der Waals surface area contributed by atoms with Gasteiger partial charge in [-0.15, -0.1) is 0 Å². The van der Waals surface area contributed by atoms with Crippen LogP contribution in [0.25, 0.3) is 0 Å². The molecule has 16 heavy (non-hydrogen) atoms. The summed E-state index contributed by atoms with van der Waals surface area (Å²) in [5.41, 5.74) is 0.582. The van der Waals surface area contributed by atoms with Gasteiger partial charge in [0.05, 0.1) is 11.6 Å². The highest BCUT2D eigenvalue weighted by atomic mass is 16.1. The van der Waals surface area contributed by atoms with Crippen LogP contribution in [-0.2, 0) is 0 Å². The molecule has 1 atom stereocenters. The number of nitrogens with one attached hydrogen (secondary N) is 1. The predicted octanol–water partition coefficient (Wildman–Crippen LogP) is 1.81. The molecule has 0 spiro atoms. The minimum absolute atomic E-state index is 0.262. The van der Waals surface area contributed by atoms with Gasteiger partial charge in [0, 0.05) is 12.4 Å². The molecule has 1 unspecified atom stereocenters. The van der Waals surface area contributed by atoms with E-state index in [1.54, 1.807) is 19.2 Å². The summed E-state index contributed by atoms with van der Waals surface area (Å²) in [6.07, 6.45) is 3.74. The summed E-state index contributed by atoms with van der Waals surface area (Å²) in [7, 11) is 0. The van der Waals surface area contributed by atoms with Gasteiger partial charge < -0.3 is 5.32 Å². The third-order valence-corrected chi connectivity index (χ3v) is 2.48. The molecule has 1 N–H and O–H groups in total. The van der Waals surface area contributed by atoms with Crippen LogP contribution >= 0.6 is 0 Å². The summed E-state index contributed by atoms with van der Waals surface area (Å²) in [5, 5.41) is 11.7. The fraction of sp³-hybridized carbons (Fsp3) is 0.417. The zero-order chi connectivity index (χ0) is 12.2. The number of carbonyl (C=O) groups excluding carboxylic acids is 1. The second kappa shape index (κ2) is 4.75. The average Bonchev–Trinajstić information content (AvgIpc) is 2.29. The standard InChI is InChI=1S/C12H15N3O/c1-4-12(3,8-13)15-11(16)10-5-9(2)6-14-7-10/h5-7H,4H2,1-3H3,(H,15,16). The van der Waals surface area contributed by atoms with E-state index in [1.807, 2.05) is 13.8 Å². The zero-order valence-corrected chi connectivity index (χ0v) is 9.74. The number of hydrogen-bond donors (Lipinski definition) is 1. The lowest BCUT2D eigenvalue weighted by Crippen LogP contribution is -2.44. The van der Waals surface area contributed by atoms with Crippen molar-refractivity contribution in [1.82, 2.24) is 10.3 Å². The van der Waals surface area contributed by atoms with Crippen LogP contribution in [0.2, 0.25) is 0 Å². The lowest BCUT2D eigenvalue weighted by molar-refractivity contribution is 0.0922. The van der Waals surface area contributed by atoms with Gasteiger partial charge in [0.25, 0.3) is 5.91 Å². The molecule has 0 saturated heterocycles. The van der Waals surface area contributed by atoms with E-state index in [0.29, 0.717) is 12.0 Å². The molecule has 1 rings (SSSR count). The van der Waals surface area contributed by atoms with Crippen molar-refractivity contribution in [3.63, 3.8) is 0 Å². The van der Waals surface area contributed by atoms with Gasteiger partial charge in [0.1, 0.15) is 5.54 Å². The molecular formula is C12H15N3O. The molecule has 1 heterocycles. The Hall–Kier alpha value is -1.89. The second-order valence-corrected chi connectivity index (χ2v) is 4.00. The number of rotatable bonds is 3. The highest BCUT2D eigenvalue weighted by Crippen LogP contribution is 2.09. The summed E-state index contributed by atoms with van der Waals surface area (Å²) in [4.78, 5) is 15.8. The number of hydrogen-bond acceptors (Lipinski definition) is 3. The van der Waals surface area contributed by atoms with Gasteiger partial charge in [-0.3, -0.25) is 9.78 Å². The van der Waals surface area contributed by atoms with E-state index in [1.165, 1.54) is 6.20 Å². The molecule has 0 aliphatic rings. The number of pyridine rings is 1. The van der Waals surface area contributed by atoms with E-state index in [0.717, 1.165) is 5.56 Å². The zero-order valence-electron chi connectivity index (χ0n) is 9.74. The first-order valence-electron chi connectivity index (χ1n) is 5.16. The molecule has 0 aliphatic heterocycles. The van der Waals surface area contributed by atoms with Crippen LogP contribution < -0.4 is 5.32 Å². The maximum atomic E-state index is 11.8. The molecule has 1 amide bonds. The second-order valence-electron chi connectivity index (χ2n) is 4.00. The predicted molar refractivity (Wildman–Crippen MR) is 60.7 cm³/mol. The van der Waals surface area contributed by atoms with E-state index in [4.69, 9.17) is 5.26 Å². The Bertz CT molecular complexity index is 436. The smallest absolute Gasteiger partial charge is 0.254 e. The number of aryl methyl sites for hydroxylation is 1. The van der Waals surface area contributed by atoms with Gasteiger partial charge in [-0.1, -0.05) is 6.92 Å². The Balaban J connectivity index is 2.85. The first-order valence-corrected chi connectivity index (χ1v) is 5.16. The SMILES string of the molecule is CCC(C)(C#N)NC(=O)c1cncc(C)c1. The van der Waals surface area contributed by atoms with Gasteiger partial charge >= 0.3 is 0 Å². The van der Waals surface area contributed by atoms with E-state index in [9.17, 15) is 4.79 Å². The summed E-state index contributed by atoms with van der Waals surface area (Å²) in [6.45, 7) is 5.43. The van der Waals surface area contributed by atoms with Crippen molar-refractivity contribution in [2.75, 3.05) is 0 Å². The van der Waals surface area contributed by atoms with Gasteiger partial charge in [0.2, 0.25) is 0 Å².